The second kappa shape index (κ2) is 10.3. The van der Waals surface area contributed by atoms with Crippen molar-refractivity contribution in [2.45, 2.75) is 52.1 Å². The smallest absolute Gasteiger partial charge is 0.253 e. The summed E-state index contributed by atoms with van der Waals surface area (Å²) >= 11 is 0. The van der Waals surface area contributed by atoms with Gasteiger partial charge in [-0.2, -0.15) is 0 Å². The first-order valence-corrected chi connectivity index (χ1v) is 12.3. The Morgan fingerprint density at radius 1 is 1.06 bits per heavy atom. The third-order valence-corrected chi connectivity index (χ3v) is 6.91. The molecule has 2 atom stereocenters. The second-order valence-electron chi connectivity index (χ2n) is 9.01. The van der Waals surface area contributed by atoms with E-state index in [2.05, 4.69) is 10.2 Å². The highest BCUT2D eigenvalue weighted by atomic mass is 16.2. The minimum Gasteiger partial charge on any atom is -0.358 e. The highest BCUT2D eigenvalue weighted by molar-refractivity contribution is 6.09. The summed E-state index contributed by atoms with van der Waals surface area (Å²) in [5, 5.41) is 3.02. The molecule has 2 aromatic rings. The zero-order valence-corrected chi connectivity index (χ0v) is 20.3. The third-order valence-electron chi connectivity index (χ3n) is 6.91. The molecule has 4 rings (SSSR count). The van der Waals surface area contributed by atoms with E-state index in [9.17, 15) is 14.4 Å². The number of amides is 3. The Morgan fingerprint density at radius 3 is 2.50 bits per heavy atom. The van der Waals surface area contributed by atoms with Crippen LogP contribution in [0.5, 0.6) is 0 Å². The number of benzene rings is 2. The standard InChI is InChI=1S/C27H34N4O3/c1-4-29(5-2)26(33)21-14-15-22-24(17-21)31(27(34)23-13-9-10-16-30(22)23)18-25(32)28-19(3)20-11-7-6-8-12-20/h6-8,11-12,14-15,17,19,23H,4-5,9-10,13,16,18H2,1-3H3,(H,28,32)/t19-,23-/m0/s1. The van der Waals surface area contributed by atoms with Gasteiger partial charge < -0.3 is 15.1 Å². The molecule has 180 valence electrons. The fourth-order valence-electron chi connectivity index (χ4n) is 5.00. The SMILES string of the molecule is CCN(CC)C(=O)c1ccc2c(c1)N(CC(=O)N[C@@H](C)c1ccccc1)C(=O)[C@@H]1CCCCN21. The molecule has 7 heteroatoms. The molecule has 2 aromatic carbocycles. The van der Waals surface area contributed by atoms with E-state index in [0.717, 1.165) is 37.1 Å². The highest BCUT2D eigenvalue weighted by Crippen LogP contribution is 2.40. The predicted molar refractivity (Wildman–Crippen MR) is 134 cm³/mol. The van der Waals surface area contributed by atoms with Gasteiger partial charge in [0.05, 0.1) is 17.4 Å². The van der Waals surface area contributed by atoms with Crippen molar-refractivity contribution in [2.75, 3.05) is 36.0 Å². The van der Waals surface area contributed by atoms with Gasteiger partial charge in [0, 0.05) is 25.2 Å². The number of fused-ring (bicyclic) bond motifs is 3. The number of rotatable bonds is 7. The minimum absolute atomic E-state index is 0.0666. The Bertz CT molecular complexity index is 1050. The molecule has 34 heavy (non-hydrogen) atoms. The van der Waals surface area contributed by atoms with Crippen LogP contribution in [0.3, 0.4) is 0 Å². The Hall–Kier alpha value is -3.35. The van der Waals surface area contributed by atoms with E-state index in [1.54, 1.807) is 15.9 Å². The van der Waals surface area contributed by atoms with Crippen LogP contribution in [0.4, 0.5) is 11.4 Å². The maximum absolute atomic E-state index is 13.6. The van der Waals surface area contributed by atoms with Crippen molar-refractivity contribution in [3.05, 3.63) is 59.7 Å². The summed E-state index contributed by atoms with van der Waals surface area (Å²) in [6.45, 7) is 7.79. The van der Waals surface area contributed by atoms with Crippen molar-refractivity contribution in [3.63, 3.8) is 0 Å². The van der Waals surface area contributed by atoms with E-state index < -0.39 is 0 Å². The van der Waals surface area contributed by atoms with E-state index in [4.69, 9.17) is 0 Å². The van der Waals surface area contributed by atoms with Gasteiger partial charge >= 0.3 is 0 Å². The second-order valence-corrected chi connectivity index (χ2v) is 9.01. The molecular weight excluding hydrogens is 428 g/mol. The molecule has 7 nitrogen and oxygen atoms in total. The molecule has 2 aliphatic rings. The van der Waals surface area contributed by atoms with Crippen LogP contribution < -0.4 is 15.1 Å². The number of carbonyl (C=O) groups excluding carboxylic acids is 3. The molecule has 0 bridgehead atoms. The molecule has 2 aliphatic heterocycles. The molecule has 0 spiro atoms. The molecule has 1 saturated heterocycles. The molecule has 0 unspecified atom stereocenters. The number of nitrogens with zero attached hydrogens (tertiary/aromatic N) is 3. The fraction of sp³-hybridized carbons (Fsp3) is 0.444. The number of carbonyl (C=O) groups is 3. The van der Waals surface area contributed by atoms with E-state index in [1.165, 1.54) is 0 Å². The van der Waals surface area contributed by atoms with Gasteiger partial charge in [-0.25, -0.2) is 0 Å². The molecule has 0 saturated carbocycles. The lowest BCUT2D eigenvalue weighted by Gasteiger charge is -2.45. The van der Waals surface area contributed by atoms with Crippen LogP contribution >= 0.6 is 0 Å². The quantitative estimate of drug-likeness (QED) is 0.680. The first-order chi connectivity index (χ1) is 16.4. The van der Waals surface area contributed by atoms with Crippen molar-refractivity contribution >= 4 is 29.1 Å². The van der Waals surface area contributed by atoms with E-state index in [-0.39, 0.29) is 36.3 Å². The molecule has 0 radical (unpaired) electrons. The van der Waals surface area contributed by atoms with Gasteiger partial charge in [-0.05, 0) is 63.8 Å². The number of anilines is 2. The van der Waals surface area contributed by atoms with Gasteiger partial charge in [0.1, 0.15) is 12.6 Å². The number of piperidine rings is 1. The molecule has 1 fully saturated rings. The van der Waals surface area contributed by atoms with Crippen LogP contribution in [-0.2, 0) is 9.59 Å². The third kappa shape index (κ3) is 4.65. The number of hydrogen-bond acceptors (Lipinski definition) is 4. The summed E-state index contributed by atoms with van der Waals surface area (Å²) in [5.74, 6) is -0.356. The Labute approximate surface area is 201 Å². The lowest BCUT2D eigenvalue weighted by molar-refractivity contribution is -0.125. The van der Waals surface area contributed by atoms with E-state index >= 15 is 0 Å². The highest BCUT2D eigenvalue weighted by Gasteiger charge is 2.40. The van der Waals surface area contributed by atoms with Gasteiger partial charge in [-0.1, -0.05) is 30.3 Å². The average Bonchev–Trinajstić information content (AvgIpc) is 2.87. The maximum atomic E-state index is 13.6. The first-order valence-electron chi connectivity index (χ1n) is 12.3. The summed E-state index contributed by atoms with van der Waals surface area (Å²) in [7, 11) is 0. The molecule has 1 N–H and O–H groups in total. The number of hydrogen-bond donors (Lipinski definition) is 1. The van der Waals surface area contributed by atoms with Crippen molar-refractivity contribution < 1.29 is 14.4 Å². The van der Waals surface area contributed by atoms with E-state index in [1.807, 2.05) is 63.2 Å². The monoisotopic (exact) mass is 462 g/mol. The van der Waals surface area contributed by atoms with Crippen molar-refractivity contribution in [1.82, 2.24) is 10.2 Å². The zero-order valence-electron chi connectivity index (χ0n) is 20.3. The van der Waals surface area contributed by atoms with Crippen LogP contribution in [0.2, 0.25) is 0 Å². The van der Waals surface area contributed by atoms with Crippen LogP contribution in [0.15, 0.2) is 48.5 Å². The first kappa shape index (κ1) is 23.8. The molecular formula is C27H34N4O3. The maximum Gasteiger partial charge on any atom is 0.253 e. The molecule has 0 aromatic heterocycles. The van der Waals surface area contributed by atoms with Crippen molar-refractivity contribution in [2.24, 2.45) is 0 Å². The van der Waals surface area contributed by atoms with E-state index in [0.29, 0.717) is 24.3 Å². The topological polar surface area (TPSA) is 73.0 Å². The van der Waals surface area contributed by atoms with Crippen molar-refractivity contribution in [1.29, 1.82) is 0 Å². The van der Waals surface area contributed by atoms with Crippen LogP contribution in [0.25, 0.3) is 0 Å². The summed E-state index contributed by atoms with van der Waals surface area (Å²) in [6, 6.07) is 14.9. The largest absolute Gasteiger partial charge is 0.358 e. The van der Waals surface area contributed by atoms with Crippen LogP contribution in [0.1, 0.15) is 62.0 Å². The molecule has 3 amide bonds. The lowest BCUT2D eigenvalue weighted by Crippen LogP contribution is -2.57. The number of nitrogens with one attached hydrogen (secondary N) is 1. The minimum atomic E-state index is -0.259. The summed E-state index contributed by atoms with van der Waals surface area (Å²) in [6.07, 6.45) is 2.79. The van der Waals surface area contributed by atoms with Crippen LogP contribution in [0, 0.1) is 0 Å². The summed E-state index contributed by atoms with van der Waals surface area (Å²) in [4.78, 5) is 45.1. The average molecular weight is 463 g/mol. The normalized spacial score (nSPS) is 18.1. The Kier molecular flexibility index (Phi) is 7.20. The molecule has 2 heterocycles. The zero-order chi connectivity index (χ0) is 24.2. The van der Waals surface area contributed by atoms with Gasteiger partial charge in [0.25, 0.3) is 5.91 Å². The Balaban J connectivity index is 1.63. The van der Waals surface area contributed by atoms with Crippen LogP contribution in [-0.4, -0.2) is 54.8 Å². The fourth-order valence-corrected chi connectivity index (χ4v) is 5.00. The van der Waals surface area contributed by atoms with Gasteiger partial charge in [0.2, 0.25) is 11.8 Å². The van der Waals surface area contributed by atoms with Gasteiger partial charge in [-0.3, -0.25) is 19.3 Å². The summed E-state index contributed by atoms with van der Waals surface area (Å²) in [5.41, 5.74) is 3.11. The lowest BCUT2D eigenvalue weighted by atomic mass is 9.95. The molecule has 0 aliphatic carbocycles. The van der Waals surface area contributed by atoms with Gasteiger partial charge in [0.15, 0.2) is 0 Å². The van der Waals surface area contributed by atoms with Crippen molar-refractivity contribution in [3.8, 4) is 0 Å². The van der Waals surface area contributed by atoms with Gasteiger partial charge in [-0.15, -0.1) is 0 Å². The summed E-state index contributed by atoms with van der Waals surface area (Å²) < 4.78 is 0. The Morgan fingerprint density at radius 2 is 1.79 bits per heavy atom. The predicted octanol–water partition coefficient (Wildman–Crippen LogP) is 3.75.